The van der Waals surface area contributed by atoms with E-state index in [4.69, 9.17) is 14.6 Å². The number of carbonyl (C=O) groups is 2. The first-order valence-electron chi connectivity index (χ1n) is 8.41. The van der Waals surface area contributed by atoms with Gasteiger partial charge in [-0.15, -0.1) is 0 Å². The molecule has 0 spiro atoms. The van der Waals surface area contributed by atoms with Crippen LogP contribution in [0.15, 0.2) is 24.3 Å². The number of carboxylic acid groups (broad SMARTS) is 1. The number of carbonyl (C=O) groups excluding carboxylic acids is 1. The summed E-state index contributed by atoms with van der Waals surface area (Å²) in [5.41, 5.74) is 0.522. The third kappa shape index (κ3) is 4.96. The molecule has 1 aliphatic heterocycles. The van der Waals surface area contributed by atoms with Crippen molar-refractivity contribution < 1.29 is 24.2 Å². The fraction of sp³-hybridized carbons (Fsp3) is 0.556. The molecule has 1 N–H and O–H groups in total. The summed E-state index contributed by atoms with van der Waals surface area (Å²) in [7, 11) is 0. The number of carboxylic acids is 1. The van der Waals surface area contributed by atoms with Gasteiger partial charge in [-0.05, 0) is 37.6 Å². The van der Waals surface area contributed by atoms with Crippen LogP contribution in [0.2, 0.25) is 0 Å². The van der Waals surface area contributed by atoms with Gasteiger partial charge >= 0.3 is 5.97 Å². The maximum absolute atomic E-state index is 12.6. The van der Waals surface area contributed by atoms with Crippen molar-refractivity contribution in [3.05, 3.63) is 29.8 Å². The van der Waals surface area contributed by atoms with Crippen LogP contribution in [0.4, 0.5) is 0 Å². The molecule has 1 aromatic rings. The van der Waals surface area contributed by atoms with Crippen molar-refractivity contribution in [2.45, 2.75) is 45.3 Å². The van der Waals surface area contributed by atoms with Gasteiger partial charge < -0.3 is 19.5 Å². The molecule has 1 saturated heterocycles. The highest BCUT2D eigenvalue weighted by atomic mass is 16.5. The lowest BCUT2D eigenvalue weighted by atomic mass is 10.1. The van der Waals surface area contributed by atoms with Crippen LogP contribution in [0, 0.1) is 0 Å². The van der Waals surface area contributed by atoms with Crippen molar-refractivity contribution >= 4 is 11.9 Å². The Hall–Kier alpha value is -2.08. The van der Waals surface area contributed by atoms with Crippen molar-refractivity contribution in [2.75, 3.05) is 19.7 Å². The number of hydrogen-bond acceptors (Lipinski definition) is 4. The standard InChI is InChI=1S/C18H25NO5/c1-3-4-5-10-23-15-8-6-14(7-9-15)17(20)19-11-13(2)24-16(12-19)18(21)22/h6-9,13,16H,3-5,10-12H2,1-2H3,(H,21,22)/t13-,16?/m1/s1. The van der Waals surface area contributed by atoms with Crippen molar-refractivity contribution in [3.8, 4) is 5.75 Å². The average molecular weight is 335 g/mol. The molecule has 2 rings (SSSR count). The van der Waals surface area contributed by atoms with Gasteiger partial charge in [-0.1, -0.05) is 19.8 Å². The predicted molar refractivity (Wildman–Crippen MR) is 89.3 cm³/mol. The lowest BCUT2D eigenvalue weighted by Gasteiger charge is -2.35. The molecule has 1 heterocycles. The Morgan fingerprint density at radius 2 is 1.96 bits per heavy atom. The molecule has 1 aromatic carbocycles. The van der Waals surface area contributed by atoms with E-state index < -0.39 is 12.1 Å². The van der Waals surface area contributed by atoms with E-state index in [1.54, 1.807) is 31.2 Å². The Morgan fingerprint density at radius 3 is 2.58 bits per heavy atom. The van der Waals surface area contributed by atoms with Gasteiger partial charge in [0.25, 0.3) is 5.91 Å². The normalized spacial score (nSPS) is 20.7. The molecule has 6 nitrogen and oxygen atoms in total. The first-order valence-corrected chi connectivity index (χ1v) is 8.41. The Bertz CT molecular complexity index is 557. The highest BCUT2D eigenvalue weighted by Crippen LogP contribution is 2.18. The maximum Gasteiger partial charge on any atom is 0.334 e. The molecule has 24 heavy (non-hydrogen) atoms. The number of nitrogens with zero attached hydrogens (tertiary/aromatic N) is 1. The number of benzene rings is 1. The Kier molecular flexibility index (Phi) is 6.61. The largest absolute Gasteiger partial charge is 0.494 e. The van der Waals surface area contributed by atoms with Crippen LogP contribution in [0.1, 0.15) is 43.5 Å². The first-order chi connectivity index (χ1) is 11.5. The van der Waals surface area contributed by atoms with Crippen LogP contribution in [-0.4, -0.2) is 53.8 Å². The van der Waals surface area contributed by atoms with Crippen LogP contribution in [0.5, 0.6) is 5.75 Å². The van der Waals surface area contributed by atoms with E-state index in [1.165, 1.54) is 4.90 Å². The van der Waals surface area contributed by atoms with Gasteiger partial charge in [0.2, 0.25) is 0 Å². The molecule has 0 radical (unpaired) electrons. The van der Waals surface area contributed by atoms with Gasteiger partial charge in [-0.25, -0.2) is 4.79 Å². The second-order valence-electron chi connectivity index (χ2n) is 6.06. The number of unbranched alkanes of at least 4 members (excludes halogenated alkanes) is 2. The summed E-state index contributed by atoms with van der Waals surface area (Å²) in [5.74, 6) is -0.495. The minimum absolute atomic E-state index is 0.0633. The van der Waals surface area contributed by atoms with E-state index >= 15 is 0 Å². The lowest BCUT2D eigenvalue weighted by Crippen LogP contribution is -2.51. The third-order valence-electron chi connectivity index (χ3n) is 3.94. The highest BCUT2D eigenvalue weighted by Gasteiger charge is 2.32. The zero-order chi connectivity index (χ0) is 17.5. The van der Waals surface area contributed by atoms with E-state index in [0.717, 1.165) is 25.0 Å². The number of hydrogen-bond donors (Lipinski definition) is 1. The number of rotatable bonds is 7. The molecule has 1 unspecified atom stereocenters. The van der Waals surface area contributed by atoms with Crippen LogP contribution < -0.4 is 4.74 Å². The monoisotopic (exact) mass is 335 g/mol. The predicted octanol–water partition coefficient (Wildman–Crippen LogP) is 2.57. The summed E-state index contributed by atoms with van der Waals surface area (Å²) in [6.45, 7) is 5.03. The average Bonchev–Trinajstić information content (AvgIpc) is 2.58. The molecule has 132 valence electrons. The second kappa shape index (κ2) is 8.68. The summed E-state index contributed by atoms with van der Waals surface area (Å²) in [6, 6.07) is 6.98. The van der Waals surface area contributed by atoms with Crippen LogP contribution in [0.3, 0.4) is 0 Å². The molecule has 0 aromatic heterocycles. The van der Waals surface area contributed by atoms with E-state index in [9.17, 15) is 9.59 Å². The third-order valence-corrected chi connectivity index (χ3v) is 3.94. The summed E-state index contributed by atoms with van der Waals surface area (Å²) in [4.78, 5) is 25.2. The molecule has 0 bridgehead atoms. The molecule has 0 aliphatic carbocycles. The van der Waals surface area contributed by atoms with Gasteiger partial charge in [0.05, 0.1) is 19.3 Å². The fourth-order valence-electron chi connectivity index (χ4n) is 2.67. The van der Waals surface area contributed by atoms with Crippen molar-refractivity contribution in [1.82, 2.24) is 4.90 Å². The highest BCUT2D eigenvalue weighted by molar-refractivity contribution is 5.94. The molecule has 1 fully saturated rings. The Labute approximate surface area is 142 Å². The Morgan fingerprint density at radius 1 is 1.25 bits per heavy atom. The van der Waals surface area contributed by atoms with Gasteiger partial charge in [-0.2, -0.15) is 0 Å². The Balaban J connectivity index is 1.95. The maximum atomic E-state index is 12.6. The van der Waals surface area contributed by atoms with Crippen molar-refractivity contribution in [3.63, 3.8) is 0 Å². The quantitative estimate of drug-likeness (QED) is 0.775. The van der Waals surface area contributed by atoms with Crippen molar-refractivity contribution in [1.29, 1.82) is 0 Å². The zero-order valence-corrected chi connectivity index (χ0v) is 14.2. The van der Waals surface area contributed by atoms with Crippen molar-refractivity contribution in [2.24, 2.45) is 0 Å². The molecule has 0 saturated carbocycles. The minimum Gasteiger partial charge on any atom is -0.494 e. The van der Waals surface area contributed by atoms with E-state index in [1.807, 2.05) is 0 Å². The van der Waals surface area contributed by atoms with Crippen LogP contribution in [-0.2, 0) is 9.53 Å². The fourth-order valence-corrected chi connectivity index (χ4v) is 2.67. The summed E-state index contributed by atoms with van der Waals surface area (Å²) < 4.78 is 11.0. The zero-order valence-electron chi connectivity index (χ0n) is 14.2. The van der Waals surface area contributed by atoms with Gasteiger partial charge in [0, 0.05) is 12.1 Å². The topological polar surface area (TPSA) is 76.1 Å². The summed E-state index contributed by atoms with van der Waals surface area (Å²) in [6.07, 6.45) is 2.02. The van der Waals surface area contributed by atoms with Crippen LogP contribution in [0.25, 0.3) is 0 Å². The smallest absolute Gasteiger partial charge is 0.334 e. The molecular weight excluding hydrogens is 310 g/mol. The molecule has 2 atom stereocenters. The van der Waals surface area contributed by atoms with Crippen LogP contribution >= 0.6 is 0 Å². The number of morpholine rings is 1. The van der Waals surface area contributed by atoms with E-state index in [0.29, 0.717) is 18.7 Å². The second-order valence-corrected chi connectivity index (χ2v) is 6.06. The number of aliphatic carboxylic acids is 1. The van der Waals surface area contributed by atoms with E-state index in [-0.39, 0.29) is 18.6 Å². The molecular formula is C18H25NO5. The molecule has 1 amide bonds. The summed E-state index contributed by atoms with van der Waals surface area (Å²) in [5, 5.41) is 9.10. The lowest BCUT2D eigenvalue weighted by molar-refractivity contribution is -0.160. The van der Waals surface area contributed by atoms with Gasteiger partial charge in [-0.3, -0.25) is 4.79 Å². The molecule has 6 heteroatoms. The summed E-state index contributed by atoms with van der Waals surface area (Å²) >= 11 is 0. The first kappa shape index (κ1) is 18.3. The number of ether oxygens (including phenoxy) is 2. The number of amides is 1. The van der Waals surface area contributed by atoms with E-state index in [2.05, 4.69) is 6.92 Å². The van der Waals surface area contributed by atoms with Gasteiger partial charge in [0.1, 0.15) is 5.75 Å². The van der Waals surface area contributed by atoms with Gasteiger partial charge in [0.15, 0.2) is 6.10 Å². The molecule has 1 aliphatic rings. The minimum atomic E-state index is -1.05. The SMILES string of the molecule is CCCCCOc1ccc(C(=O)N2CC(C(=O)O)O[C@H](C)C2)cc1.